The first-order valence-corrected chi connectivity index (χ1v) is 28.2. The third kappa shape index (κ3) is 48.2. The second kappa shape index (κ2) is 49.2. The third-order valence-corrected chi connectivity index (χ3v) is 12.9. The van der Waals surface area contributed by atoms with Gasteiger partial charge in [0.2, 0.25) is 0 Å². The van der Waals surface area contributed by atoms with Crippen molar-refractivity contribution >= 4 is 19.8 Å². The Labute approximate surface area is 383 Å². The maximum atomic E-state index is 12.6. The molecule has 0 aromatic rings. The van der Waals surface area contributed by atoms with Crippen molar-refractivity contribution in [1.82, 2.24) is 0 Å². The molecule has 0 fully saturated rings. The van der Waals surface area contributed by atoms with Crippen LogP contribution >= 0.6 is 7.82 Å². The zero-order chi connectivity index (χ0) is 45.3. The molecule has 62 heavy (non-hydrogen) atoms. The Morgan fingerprint density at radius 1 is 0.468 bits per heavy atom. The lowest BCUT2D eigenvalue weighted by atomic mass is 10.0. The van der Waals surface area contributed by atoms with Crippen molar-refractivity contribution in [2.45, 2.75) is 283 Å². The fraction of sp³-hybridized carbons (Fsp3) is 0.923. The second-order valence-electron chi connectivity index (χ2n) is 18.1. The zero-order valence-electron chi connectivity index (χ0n) is 40.9. The van der Waals surface area contributed by atoms with Gasteiger partial charge in [0.15, 0.2) is 6.10 Å². The summed E-state index contributed by atoms with van der Waals surface area (Å²) >= 11 is 0. The number of ether oxygens (including phenoxy) is 2. The van der Waals surface area contributed by atoms with Crippen LogP contribution in [0.1, 0.15) is 277 Å². The summed E-state index contributed by atoms with van der Waals surface area (Å²) in [5, 5.41) is 0. The molecule has 0 rings (SSSR count). The Kier molecular flexibility index (Phi) is 48.2. The second-order valence-corrected chi connectivity index (χ2v) is 19.6. The molecule has 0 saturated carbocycles. The molecule has 368 valence electrons. The van der Waals surface area contributed by atoms with Crippen LogP contribution in [0.25, 0.3) is 0 Å². The lowest BCUT2D eigenvalue weighted by Gasteiger charge is -2.19. The van der Waals surface area contributed by atoms with E-state index in [1.54, 1.807) is 0 Å². The van der Waals surface area contributed by atoms with Crippen molar-refractivity contribution in [2.75, 3.05) is 26.4 Å². The van der Waals surface area contributed by atoms with Gasteiger partial charge in [0.25, 0.3) is 0 Å². The Bertz CT molecular complexity index is 1030. The van der Waals surface area contributed by atoms with E-state index in [0.29, 0.717) is 6.42 Å². The van der Waals surface area contributed by atoms with Gasteiger partial charge in [-0.3, -0.25) is 18.6 Å². The fourth-order valence-electron chi connectivity index (χ4n) is 7.93. The number of carbonyl (C=O) groups excluding carboxylic acids is 2. The predicted molar refractivity (Wildman–Crippen MR) is 261 cm³/mol. The average molecular weight is 900 g/mol. The molecule has 0 radical (unpaired) electrons. The molecule has 0 bridgehead atoms. The van der Waals surface area contributed by atoms with E-state index >= 15 is 0 Å². The van der Waals surface area contributed by atoms with Gasteiger partial charge in [0, 0.05) is 19.4 Å². The van der Waals surface area contributed by atoms with Gasteiger partial charge in [-0.05, 0) is 38.5 Å². The van der Waals surface area contributed by atoms with Crippen molar-refractivity contribution < 1.29 is 37.6 Å². The normalized spacial score (nSPS) is 13.2. The van der Waals surface area contributed by atoms with E-state index < -0.39 is 26.5 Å². The Morgan fingerprint density at radius 3 is 1.15 bits per heavy atom. The number of hydrogen-bond acceptors (Lipinski definition) is 8. The minimum absolute atomic E-state index is 0.0571. The molecule has 2 atom stereocenters. The molecule has 10 heteroatoms. The average Bonchev–Trinajstić information content (AvgIpc) is 3.26. The highest BCUT2D eigenvalue weighted by molar-refractivity contribution is 7.47. The van der Waals surface area contributed by atoms with E-state index in [9.17, 15) is 19.0 Å². The Morgan fingerprint density at radius 2 is 0.790 bits per heavy atom. The van der Waals surface area contributed by atoms with Gasteiger partial charge < -0.3 is 20.1 Å². The molecule has 0 aromatic carbocycles. The first-order chi connectivity index (χ1) is 30.3. The highest BCUT2D eigenvalue weighted by Gasteiger charge is 2.26. The van der Waals surface area contributed by atoms with E-state index in [1.807, 2.05) is 0 Å². The minimum Gasteiger partial charge on any atom is -0.462 e. The molecule has 0 amide bonds. The summed E-state index contributed by atoms with van der Waals surface area (Å²) in [6.45, 7) is 3.74. The number of hydrogen-bond donors (Lipinski definition) is 2. The summed E-state index contributed by atoms with van der Waals surface area (Å²) in [7, 11) is -4.37. The quantitative estimate of drug-likeness (QED) is 0.0265. The maximum absolute atomic E-state index is 12.6. The van der Waals surface area contributed by atoms with E-state index in [4.69, 9.17) is 24.3 Å². The zero-order valence-corrected chi connectivity index (χ0v) is 41.8. The third-order valence-electron chi connectivity index (χ3n) is 11.9. The highest BCUT2D eigenvalue weighted by atomic mass is 31.2. The van der Waals surface area contributed by atoms with Gasteiger partial charge in [0.05, 0.1) is 13.2 Å². The van der Waals surface area contributed by atoms with E-state index in [-0.39, 0.29) is 38.6 Å². The smallest absolute Gasteiger partial charge is 0.462 e. The standard InChI is InChI=1S/C52H102NO8P/c1-3-5-7-9-11-13-14-15-16-17-18-19-20-21-22-23-24-25-26-27-28-29-30-31-32-33-34-35-36-37-39-41-43-45-52(55)61-50(49-60-62(56,57)59-47-46-53)48-58-51(54)44-42-40-38-12-10-8-6-4-2/h17-18,50H,3-16,19-49,53H2,1-2H3,(H,56,57)/b18-17-. The number of esters is 2. The van der Waals surface area contributed by atoms with Gasteiger partial charge in [0.1, 0.15) is 6.61 Å². The van der Waals surface area contributed by atoms with Crippen LogP contribution in [0.5, 0.6) is 0 Å². The van der Waals surface area contributed by atoms with Crippen LogP contribution in [0.15, 0.2) is 12.2 Å². The highest BCUT2D eigenvalue weighted by Crippen LogP contribution is 2.43. The topological polar surface area (TPSA) is 134 Å². The van der Waals surface area contributed by atoms with Crippen molar-refractivity contribution in [2.24, 2.45) is 5.73 Å². The first kappa shape index (κ1) is 60.8. The van der Waals surface area contributed by atoms with Gasteiger partial charge in [-0.2, -0.15) is 0 Å². The van der Waals surface area contributed by atoms with Crippen molar-refractivity contribution in [1.29, 1.82) is 0 Å². The molecule has 0 aliphatic carbocycles. The van der Waals surface area contributed by atoms with Crippen molar-refractivity contribution in [3.63, 3.8) is 0 Å². The largest absolute Gasteiger partial charge is 0.472 e. The SMILES string of the molecule is CCCCCCCCCC/C=C\CCCCCCCCCCCCCCCCCCCCCCCC(=O)OC(COC(=O)CCCCCCCCCC)COP(=O)(O)OCCN. The first-order valence-electron chi connectivity index (χ1n) is 26.7. The summed E-state index contributed by atoms with van der Waals surface area (Å²) in [6, 6.07) is 0. The number of phosphoric acid groups is 1. The van der Waals surface area contributed by atoms with E-state index in [2.05, 4.69) is 26.0 Å². The lowest BCUT2D eigenvalue weighted by molar-refractivity contribution is -0.161. The van der Waals surface area contributed by atoms with Gasteiger partial charge in [-0.25, -0.2) is 4.57 Å². The number of unbranched alkanes of at least 4 members (excludes halogenated alkanes) is 36. The molecule has 0 heterocycles. The summed E-state index contributed by atoms with van der Waals surface area (Å²) in [5.41, 5.74) is 5.35. The fourth-order valence-corrected chi connectivity index (χ4v) is 8.69. The molecule has 0 aliphatic rings. The van der Waals surface area contributed by atoms with E-state index in [0.717, 1.165) is 32.1 Å². The molecule has 9 nitrogen and oxygen atoms in total. The molecule has 0 saturated heterocycles. The van der Waals surface area contributed by atoms with Crippen molar-refractivity contribution in [3.8, 4) is 0 Å². The van der Waals surface area contributed by atoms with Crippen LogP contribution in [0.4, 0.5) is 0 Å². The van der Waals surface area contributed by atoms with Crippen LogP contribution in [0.2, 0.25) is 0 Å². The molecule has 0 aromatic heterocycles. The summed E-state index contributed by atoms with van der Waals surface area (Å²) < 4.78 is 32.8. The van der Waals surface area contributed by atoms with Crippen LogP contribution in [-0.4, -0.2) is 49.3 Å². The summed E-state index contributed by atoms with van der Waals surface area (Å²) in [5.74, 6) is -0.818. The van der Waals surface area contributed by atoms with Crippen molar-refractivity contribution in [3.05, 3.63) is 12.2 Å². The van der Waals surface area contributed by atoms with Crippen LogP contribution in [0.3, 0.4) is 0 Å². The monoisotopic (exact) mass is 900 g/mol. The number of nitrogens with two attached hydrogens (primary N) is 1. The maximum Gasteiger partial charge on any atom is 0.472 e. The summed E-state index contributed by atoms with van der Waals surface area (Å²) in [4.78, 5) is 34.8. The molecule has 0 spiro atoms. The Balaban J connectivity index is 3.73. The molecule has 0 aliphatic heterocycles. The number of allylic oxidation sites excluding steroid dienone is 2. The number of carbonyl (C=O) groups is 2. The van der Waals surface area contributed by atoms with Crippen LogP contribution in [-0.2, 0) is 32.7 Å². The minimum atomic E-state index is -4.37. The molecule has 3 N–H and O–H groups in total. The van der Waals surface area contributed by atoms with Gasteiger partial charge in [-0.1, -0.05) is 238 Å². The molecular formula is C52H102NO8P. The predicted octanol–water partition coefficient (Wildman–Crippen LogP) is 16.1. The number of rotatable bonds is 51. The molecule has 2 unspecified atom stereocenters. The van der Waals surface area contributed by atoms with Crippen LogP contribution in [0, 0.1) is 0 Å². The molecular weight excluding hydrogens is 798 g/mol. The van der Waals surface area contributed by atoms with Gasteiger partial charge >= 0.3 is 19.8 Å². The lowest BCUT2D eigenvalue weighted by Crippen LogP contribution is -2.29. The number of phosphoric ester groups is 1. The van der Waals surface area contributed by atoms with Crippen LogP contribution < -0.4 is 5.73 Å². The Hall–Kier alpha value is -1.25. The van der Waals surface area contributed by atoms with Gasteiger partial charge in [-0.15, -0.1) is 0 Å². The summed E-state index contributed by atoms with van der Waals surface area (Å²) in [6.07, 6.45) is 54.5. The van der Waals surface area contributed by atoms with E-state index in [1.165, 1.54) is 212 Å².